The molecular weight excluding hydrogens is 266 g/mol. The van der Waals surface area contributed by atoms with Crippen molar-refractivity contribution in [1.29, 1.82) is 0 Å². The van der Waals surface area contributed by atoms with Crippen LogP contribution in [-0.2, 0) is 11.3 Å². The highest BCUT2D eigenvalue weighted by Gasteiger charge is 2.07. The summed E-state index contributed by atoms with van der Waals surface area (Å²) in [6.07, 6.45) is 1.54. The van der Waals surface area contributed by atoms with Gasteiger partial charge < -0.3 is 15.6 Å². The molecule has 2 aromatic rings. The molecule has 0 bridgehead atoms. The molecule has 0 atom stereocenters. The summed E-state index contributed by atoms with van der Waals surface area (Å²) in [6.45, 7) is -0.0786. The number of hydrogen-bond donors (Lipinski definition) is 2. The predicted molar refractivity (Wildman–Crippen MR) is 75.2 cm³/mol. The Morgan fingerprint density at radius 2 is 2.11 bits per heavy atom. The van der Waals surface area contributed by atoms with E-state index in [4.69, 9.17) is 17.3 Å². The van der Waals surface area contributed by atoms with Gasteiger partial charge in [0.15, 0.2) is 0 Å². The van der Waals surface area contributed by atoms with Crippen LogP contribution in [0.2, 0.25) is 5.02 Å². The lowest BCUT2D eigenvalue weighted by Gasteiger charge is -2.09. The first-order valence-corrected chi connectivity index (χ1v) is 5.94. The Balaban J connectivity index is 2.12. The van der Waals surface area contributed by atoms with Crippen LogP contribution in [0.3, 0.4) is 0 Å². The van der Waals surface area contributed by atoms with Crippen molar-refractivity contribution in [2.24, 2.45) is 0 Å². The highest BCUT2D eigenvalue weighted by atomic mass is 35.5. The Labute approximate surface area is 114 Å². The molecule has 0 spiro atoms. The number of carbonyl (C=O) groups is 1. The fourth-order valence-corrected chi connectivity index (χ4v) is 1.74. The van der Waals surface area contributed by atoms with Crippen LogP contribution in [0.15, 0.2) is 47.4 Å². The lowest BCUT2D eigenvalue weighted by molar-refractivity contribution is -0.116. The number of amides is 1. The number of carbonyl (C=O) groups excluding carboxylic acids is 1. The molecule has 98 valence electrons. The molecule has 0 unspecified atom stereocenters. The lowest BCUT2D eigenvalue weighted by atomic mass is 10.3. The molecule has 1 heterocycles. The van der Waals surface area contributed by atoms with Gasteiger partial charge in [-0.25, -0.2) is 0 Å². The van der Waals surface area contributed by atoms with Crippen molar-refractivity contribution >= 4 is 28.9 Å². The molecule has 0 saturated heterocycles. The van der Waals surface area contributed by atoms with E-state index in [1.165, 1.54) is 10.6 Å². The van der Waals surface area contributed by atoms with Gasteiger partial charge in [-0.2, -0.15) is 0 Å². The third kappa shape index (κ3) is 3.35. The summed E-state index contributed by atoms with van der Waals surface area (Å²) in [5.41, 5.74) is 6.30. The molecule has 0 saturated carbocycles. The third-order valence-electron chi connectivity index (χ3n) is 2.48. The van der Waals surface area contributed by atoms with Crippen molar-refractivity contribution in [1.82, 2.24) is 4.57 Å². The number of nitrogens with zero attached hydrogens (tertiary/aromatic N) is 1. The summed E-state index contributed by atoms with van der Waals surface area (Å²) in [5, 5.41) is 3.01. The number of benzene rings is 1. The maximum atomic E-state index is 11.8. The fraction of sp³-hybridized carbons (Fsp3) is 0.0769. The second kappa shape index (κ2) is 5.58. The van der Waals surface area contributed by atoms with Gasteiger partial charge in [0.1, 0.15) is 6.54 Å². The summed E-state index contributed by atoms with van der Waals surface area (Å²) in [4.78, 5) is 23.3. The summed E-state index contributed by atoms with van der Waals surface area (Å²) in [6, 6.07) is 9.49. The number of halogens is 1. The molecule has 0 radical (unpaired) electrons. The summed E-state index contributed by atoms with van der Waals surface area (Å²) in [7, 11) is 0. The third-order valence-corrected chi connectivity index (χ3v) is 2.81. The predicted octanol–water partition coefficient (Wildman–Crippen LogP) is 1.72. The second-order valence-electron chi connectivity index (χ2n) is 3.95. The first-order chi connectivity index (χ1) is 9.06. The van der Waals surface area contributed by atoms with Crippen LogP contribution in [0.1, 0.15) is 0 Å². The molecule has 3 N–H and O–H groups in total. The molecule has 0 aliphatic heterocycles. The van der Waals surface area contributed by atoms with Crippen molar-refractivity contribution < 1.29 is 4.79 Å². The Hall–Kier alpha value is -2.27. The maximum Gasteiger partial charge on any atom is 0.250 e. The standard InChI is InChI=1S/C13H12ClN3O2/c14-10-5-4-9(15)7-11(10)16-12(18)8-17-6-2-1-3-13(17)19/h1-7H,8,15H2,(H,16,18). The molecule has 0 fully saturated rings. The van der Waals surface area contributed by atoms with Crippen LogP contribution >= 0.6 is 11.6 Å². The van der Waals surface area contributed by atoms with E-state index in [0.717, 1.165) is 0 Å². The molecule has 5 nitrogen and oxygen atoms in total. The largest absolute Gasteiger partial charge is 0.399 e. The van der Waals surface area contributed by atoms with Gasteiger partial charge >= 0.3 is 0 Å². The fourth-order valence-electron chi connectivity index (χ4n) is 1.57. The van der Waals surface area contributed by atoms with Gasteiger partial charge in [0.05, 0.1) is 10.7 Å². The van der Waals surface area contributed by atoms with Crippen molar-refractivity contribution in [3.05, 3.63) is 58.0 Å². The summed E-state index contributed by atoms with van der Waals surface area (Å²) >= 11 is 5.94. The SMILES string of the molecule is Nc1ccc(Cl)c(NC(=O)Cn2ccccc2=O)c1. The number of pyridine rings is 1. The topological polar surface area (TPSA) is 77.1 Å². The van der Waals surface area contributed by atoms with Gasteiger partial charge in [0, 0.05) is 18.0 Å². The molecule has 6 heteroatoms. The number of nitrogens with one attached hydrogen (secondary N) is 1. The molecule has 1 aromatic carbocycles. The molecule has 0 aliphatic carbocycles. The van der Waals surface area contributed by atoms with Gasteiger partial charge in [0.25, 0.3) is 5.56 Å². The first kappa shape index (κ1) is 13.2. The summed E-state index contributed by atoms with van der Waals surface area (Å²) < 4.78 is 1.30. The van der Waals surface area contributed by atoms with E-state index in [0.29, 0.717) is 16.4 Å². The Kier molecular flexibility index (Phi) is 3.87. The number of nitrogen functional groups attached to an aromatic ring is 1. The van der Waals surface area contributed by atoms with Crippen molar-refractivity contribution in [3.8, 4) is 0 Å². The molecule has 19 heavy (non-hydrogen) atoms. The molecule has 1 aromatic heterocycles. The van der Waals surface area contributed by atoms with E-state index >= 15 is 0 Å². The zero-order valence-corrected chi connectivity index (χ0v) is 10.7. The highest BCUT2D eigenvalue weighted by molar-refractivity contribution is 6.33. The van der Waals surface area contributed by atoms with Crippen molar-refractivity contribution in [3.63, 3.8) is 0 Å². The summed E-state index contributed by atoms with van der Waals surface area (Å²) in [5.74, 6) is -0.346. The second-order valence-corrected chi connectivity index (χ2v) is 4.36. The van der Waals surface area contributed by atoms with Gasteiger partial charge in [-0.15, -0.1) is 0 Å². The number of hydrogen-bond acceptors (Lipinski definition) is 3. The van der Waals surface area contributed by atoms with Crippen LogP contribution in [0.25, 0.3) is 0 Å². The molecule has 2 rings (SSSR count). The van der Waals surface area contributed by atoms with Gasteiger partial charge in [-0.05, 0) is 24.3 Å². The number of rotatable bonds is 3. The van der Waals surface area contributed by atoms with E-state index in [2.05, 4.69) is 5.32 Å². The lowest BCUT2D eigenvalue weighted by Crippen LogP contribution is -2.26. The minimum absolute atomic E-state index is 0.0786. The average Bonchev–Trinajstić information content (AvgIpc) is 2.37. The minimum atomic E-state index is -0.346. The normalized spacial score (nSPS) is 10.2. The van der Waals surface area contributed by atoms with Crippen LogP contribution in [0, 0.1) is 0 Å². The van der Waals surface area contributed by atoms with E-state index < -0.39 is 0 Å². The van der Waals surface area contributed by atoms with E-state index in [1.807, 2.05) is 0 Å². The van der Waals surface area contributed by atoms with Gasteiger partial charge in [-0.1, -0.05) is 17.7 Å². The van der Waals surface area contributed by atoms with E-state index in [-0.39, 0.29) is 18.0 Å². The quantitative estimate of drug-likeness (QED) is 0.839. The van der Waals surface area contributed by atoms with Crippen LogP contribution in [0.4, 0.5) is 11.4 Å². The maximum absolute atomic E-state index is 11.8. The van der Waals surface area contributed by atoms with Crippen LogP contribution < -0.4 is 16.6 Å². The van der Waals surface area contributed by atoms with Gasteiger partial charge in [0.2, 0.25) is 5.91 Å². The van der Waals surface area contributed by atoms with Gasteiger partial charge in [-0.3, -0.25) is 9.59 Å². The van der Waals surface area contributed by atoms with E-state index in [9.17, 15) is 9.59 Å². The number of nitrogens with two attached hydrogens (primary N) is 1. The monoisotopic (exact) mass is 277 g/mol. The average molecular weight is 278 g/mol. The first-order valence-electron chi connectivity index (χ1n) is 5.56. The molecule has 1 amide bonds. The molecule has 0 aliphatic rings. The van der Waals surface area contributed by atoms with E-state index in [1.54, 1.807) is 36.5 Å². The molecular formula is C13H12ClN3O2. The Morgan fingerprint density at radius 3 is 2.84 bits per heavy atom. The zero-order chi connectivity index (χ0) is 13.8. The Morgan fingerprint density at radius 1 is 1.32 bits per heavy atom. The smallest absolute Gasteiger partial charge is 0.250 e. The number of aromatic nitrogens is 1. The zero-order valence-electron chi connectivity index (χ0n) is 9.97. The van der Waals surface area contributed by atoms with Crippen molar-refractivity contribution in [2.75, 3.05) is 11.1 Å². The van der Waals surface area contributed by atoms with Crippen molar-refractivity contribution in [2.45, 2.75) is 6.54 Å². The Bertz CT molecular complexity index is 667. The number of anilines is 2. The van der Waals surface area contributed by atoms with Crippen LogP contribution in [0.5, 0.6) is 0 Å². The highest BCUT2D eigenvalue weighted by Crippen LogP contribution is 2.23. The van der Waals surface area contributed by atoms with Crippen LogP contribution in [-0.4, -0.2) is 10.5 Å². The minimum Gasteiger partial charge on any atom is -0.399 e.